The van der Waals surface area contributed by atoms with Crippen molar-refractivity contribution in [3.8, 4) is 0 Å². The van der Waals surface area contributed by atoms with Crippen LogP contribution < -0.4 is 0 Å². The number of rotatable bonds is 36. The fraction of sp³-hybridized carbons (Fsp3) is 0.612. The molecule has 1 aliphatic carbocycles. The molecule has 1 rings (SSSR count). The third-order valence-electron chi connectivity index (χ3n) is 9.66. The van der Waals surface area contributed by atoms with E-state index >= 15 is 0 Å². The van der Waals surface area contributed by atoms with Gasteiger partial charge in [-0.15, -0.1) is 0 Å². The van der Waals surface area contributed by atoms with Crippen molar-refractivity contribution >= 4 is 13.8 Å². The molecule has 0 radical (unpaired) electrons. The van der Waals surface area contributed by atoms with E-state index in [-0.39, 0.29) is 19.6 Å². The minimum Gasteiger partial charge on any atom is -0.457 e. The molecule has 0 spiro atoms. The number of hydrogen-bond acceptors (Lipinski definition) is 11. The van der Waals surface area contributed by atoms with Crippen LogP contribution in [0.3, 0.4) is 0 Å². The molecule has 6 unspecified atom stereocenters. The standard InChI is InChI=1S/C49H79O12P/c1-3-5-7-9-11-13-15-17-19-21-22-23-24-26-28-30-32-34-36-38-43(50)60-42(41-59-62(56,57)61-49-47(54)45(52)44(51)46(53)48(49)55)40-58-39-37-35-33-31-29-27-25-20-18-16-14-12-10-8-6-4-2/h5-8,11-14,17-20,22-23,27,29,33,35,42,44-49,51-55H,3-4,9-10,15-16,21,24-26,28,30-32,34,36-41H2,1-2H3,(H,56,57)/b7-5-,8-6-,13-11-,14-12-,19-17-,20-18-,23-22-,29-27-,35-33-. The highest BCUT2D eigenvalue weighted by molar-refractivity contribution is 7.47. The second kappa shape index (κ2) is 38.5. The maximum Gasteiger partial charge on any atom is 0.472 e. The molecule has 6 atom stereocenters. The number of aliphatic hydroxyl groups excluding tert-OH is 5. The Hall–Kier alpha value is -3.00. The SMILES string of the molecule is CC/C=C\C/C=C\C/C=C\C/C=C\C/C=C\CCOCC(COP(=O)(O)OC1C(O)C(O)C(O)C(O)C1O)OC(=O)CCCCCCCC/C=C\C/C=C\C/C=C\C/C=C\CC. The van der Waals surface area contributed by atoms with Gasteiger partial charge in [-0.05, 0) is 83.5 Å². The van der Waals surface area contributed by atoms with Crippen LogP contribution in [0.4, 0.5) is 0 Å². The zero-order chi connectivity index (χ0) is 45.5. The van der Waals surface area contributed by atoms with Crippen molar-refractivity contribution in [3.05, 3.63) is 109 Å². The predicted molar refractivity (Wildman–Crippen MR) is 248 cm³/mol. The lowest BCUT2D eigenvalue weighted by Crippen LogP contribution is -2.64. The second-order valence-electron chi connectivity index (χ2n) is 15.1. The van der Waals surface area contributed by atoms with Gasteiger partial charge < -0.3 is 39.9 Å². The molecule has 62 heavy (non-hydrogen) atoms. The van der Waals surface area contributed by atoms with Crippen molar-refractivity contribution in [3.63, 3.8) is 0 Å². The summed E-state index contributed by atoms with van der Waals surface area (Å²) in [4.78, 5) is 23.2. The van der Waals surface area contributed by atoms with Crippen molar-refractivity contribution in [1.82, 2.24) is 0 Å². The van der Waals surface area contributed by atoms with E-state index in [1.807, 2.05) is 12.2 Å². The summed E-state index contributed by atoms with van der Waals surface area (Å²) >= 11 is 0. The summed E-state index contributed by atoms with van der Waals surface area (Å²) in [5.41, 5.74) is 0. The Morgan fingerprint density at radius 2 is 0.903 bits per heavy atom. The fourth-order valence-electron chi connectivity index (χ4n) is 6.11. The molecule has 0 aromatic rings. The van der Waals surface area contributed by atoms with Gasteiger partial charge in [-0.1, -0.05) is 149 Å². The summed E-state index contributed by atoms with van der Waals surface area (Å²) in [5.74, 6) is -0.522. The highest BCUT2D eigenvalue weighted by atomic mass is 31.2. The van der Waals surface area contributed by atoms with E-state index in [1.165, 1.54) is 0 Å². The second-order valence-corrected chi connectivity index (χ2v) is 16.5. The van der Waals surface area contributed by atoms with Crippen molar-refractivity contribution in [2.75, 3.05) is 19.8 Å². The van der Waals surface area contributed by atoms with Gasteiger partial charge in [-0.2, -0.15) is 0 Å². The highest BCUT2D eigenvalue weighted by Gasteiger charge is 2.51. The highest BCUT2D eigenvalue weighted by Crippen LogP contribution is 2.47. The number of phosphoric acid groups is 1. The van der Waals surface area contributed by atoms with E-state index in [2.05, 4.69) is 111 Å². The molecule has 13 heteroatoms. The first-order valence-corrected chi connectivity index (χ1v) is 24.2. The van der Waals surface area contributed by atoms with Gasteiger partial charge in [0.05, 0.1) is 19.8 Å². The Morgan fingerprint density at radius 3 is 1.37 bits per heavy atom. The van der Waals surface area contributed by atoms with E-state index in [1.54, 1.807) is 0 Å². The number of carbonyl (C=O) groups is 1. The summed E-state index contributed by atoms with van der Waals surface area (Å²) in [6, 6.07) is 0. The Labute approximate surface area is 372 Å². The van der Waals surface area contributed by atoms with Gasteiger partial charge in [0.2, 0.25) is 0 Å². The number of ether oxygens (including phenoxy) is 2. The van der Waals surface area contributed by atoms with Crippen LogP contribution in [-0.4, -0.2) is 98.9 Å². The predicted octanol–water partition coefficient (Wildman–Crippen LogP) is 9.30. The van der Waals surface area contributed by atoms with Gasteiger partial charge in [0.1, 0.15) is 42.7 Å². The van der Waals surface area contributed by atoms with Crippen molar-refractivity contribution in [2.24, 2.45) is 0 Å². The summed E-state index contributed by atoms with van der Waals surface area (Å²) in [7, 11) is -5.05. The molecule has 12 nitrogen and oxygen atoms in total. The van der Waals surface area contributed by atoms with Gasteiger partial charge in [0.15, 0.2) is 0 Å². The molecule has 0 aromatic carbocycles. The molecule has 1 saturated carbocycles. The van der Waals surface area contributed by atoms with Crippen molar-refractivity contribution in [1.29, 1.82) is 0 Å². The molecule has 0 amide bonds. The first-order chi connectivity index (χ1) is 30.0. The van der Waals surface area contributed by atoms with Crippen LogP contribution in [0.5, 0.6) is 0 Å². The van der Waals surface area contributed by atoms with E-state index in [9.17, 15) is 39.8 Å². The van der Waals surface area contributed by atoms with Crippen LogP contribution in [0.25, 0.3) is 0 Å². The van der Waals surface area contributed by atoms with Crippen LogP contribution in [0.2, 0.25) is 0 Å². The number of allylic oxidation sites excluding steroid dienone is 17. The Kier molecular flexibility index (Phi) is 35.4. The Balaban J connectivity index is 2.47. The van der Waals surface area contributed by atoms with Crippen LogP contribution in [-0.2, 0) is 27.9 Å². The lowest BCUT2D eigenvalue weighted by molar-refractivity contribution is -0.220. The number of hydrogen-bond donors (Lipinski definition) is 6. The molecule has 0 aromatic heterocycles. The number of phosphoric ester groups is 1. The molecule has 0 saturated heterocycles. The summed E-state index contributed by atoms with van der Waals surface area (Å²) in [5, 5.41) is 50.2. The zero-order valence-electron chi connectivity index (χ0n) is 37.4. The van der Waals surface area contributed by atoms with Gasteiger partial charge in [-0.3, -0.25) is 13.8 Å². The van der Waals surface area contributed by atoms with Gasteiger partial charge in [0.25, 0.3) is 0 Å². The summed E-state index contributed by atoms with van der Waals surface area (Å²) < 4.78 is 34.0. The Morgan fingerprint density at radius 1 is 0.516 bits per heavy atom. The molecule has 0 heterocycles. The van der Waals surface area contributed by atoms with Crippen molar-refractivity contribution in [2.45, 2.75) is 172 Å². The topological polar surface area (TPSA) is 192 Å². The number of aliphatic hydroxyl groups is 5. The smallest absolute Gasteiger partial charge is 0.457 e. The first-order valence-electron chi connectivity index (χ1n) is 22.7. The largest absolute Gasteiger partial charge is 0.472 e. The Bertz CT molecular complexity index is 1430. The number of carbonyl (C=O) groups excluding carboxylic acids is 1. The first kappa shape index (κ1) is 57.0. The average molecular weight is 891 g/mol. The zero-order valence-corrected chi connectivity index (χ0v) is 38.3. The molecule has 6 N–H and O–H groups in total. The molecular formula is C49H79O12P. The maximum absolute atomic E-state index is 12.8. The van der Waals surface area contributed by atoms with E-state index in [0.29, 0.717) is 12.8 Å². The fourth-order valence-corrected chi connectivity index (χ4v) is 7.09. The number of unbranched alkanes of at least 4 members (excludes halogenated alkanes) is 6. The summed E-state index contributed by atoms with van der Waals surface area (Å²) in [6.07, 6.45) is 41.7. The monoisotopic (exact) mass is 891 g/mol. The van der Waals surface area contributed by atoms with E-state index in [0.717, 1.165) is 96.3 Å². The van der Waals surface area contributed by atoms with Crippen molar-refractivity contribution < 1.29 is 58.3 Å². The molecule has 1 aliphatic rings. The molecule has 352 valence electrons. The van der Waals surface area contributed by atoms with Crippen LogP contribution in [0, 0.1) is 0 Å². The van der Waals surface area contributed by atoms with Gasteiger partial charge >= 0.3 is 13.8 Å². The average Bonchev–Trinajstić information content (AvgIpc) is 3.26. The molecule has 0 aliphatic heterocycles. The molecule has 1 fully saturated rings. The van der Waals surface area contributed by atoms with E-state index in [4.69, 9.17) is 18.5 Å². The summed E-state index contributed by atoms with van der Waals surface area (Å²) in [6.45, 7) is 3.78. The normalized spacial score (nSPS) is 23.0. The van der Waals surface area contributed by atoms with Crippen LogP contribution >= 0.6 is 7.82 Å². The van der Waals surface area contributed by atoms with Crippen LogP contribution in [0.1, 0.15) is 129 Å². The quantitative estimate of drug-likeness (QED) is 0.0151. The lowest BCUT2D eigenvalue weighted by Gasteiger charge is -2.41. The van der Waals surface area contributed by atoms with E-state index < -0.39 is 63.1 Å². The molecular weight excluding hydrogens is 812 g/mol. The molecule has 0 bridgehead atoms. The minimum atomic E-state index is -5.05. The maximum atomic E-state index is 12.8. The third-order valence-corrected chi connectivity index (χ3v) is 10.6. The number of esters is 1. The van der Waals surface area contributed by atoms with Gasteiger partial charge in [-0.25, -0.2) is 4.57 Å². The lowest BCUT2D eigenvalue weighted by atomic mass is 9.85. The van der Waals surface area contributed by atoms with Crippen LogP contribution in [0.15, 0.2) is 109 Å². The third kappa shape index (κ3) is 30.1. The minimum absolute atomic E-state index is 0.143. The van der Waals surface area contributed by atoms with Gasteiger partial charge in [0, 0.05) is 6.42 Å².